The standard InChI is InChI=1S/C26H23ClF2N2O5S/c27-20-5-3-14(25(33)31-18-4-6-21(28)22(29)12-18)8-23(20)37(35,36)19-10-16-9-17(11-19)26(16,34)24(32)15-2-1-7-30-13-15/h1-8,12-13,16-17,19,24,32,34H,9-11H2,(H,31,33)/t16?,17?,19?,24-,26?/m0/s1. The van der Waals surface area contributed by atoms with Gasteiger partial charge in [-0.2, -0.15) is 0 Å². The molecule has 3 N–H and O–H groups in total. The van der Waals surface area contributed by atoms with E-state index in [0.717, 1.165) is 18.2 Å². The second kappa shape index (κ2) is 9.43. The molecule has 0 aliphatic heterocycles. The van der Waals surface area contributed by atoms with E-state index in [-0.39, 0.29) is 34.0 Å². The lowest BCUT2D eigenvalue weighted by Gasteiger charge is -2.60. The van der Waals surface area contributed by atoms with Crippen LogP contribution in [-0.4, -0.2) is 40.4 Å². The van der Waals surface area contributed by atoms with E-state index in [1.54, 1.807) is 18.3 Å². The molecule has 7 nitrogen and oxygen atoms in total. The van der Waals surface area contributed by atoms with Crippen LogP contribution in [0.25, 0.3) is 0 Å². The lowest BCUT2D eigenvalue weighted by molar-refractivity contribution is -0.234. The molecule has 2 unspecified atom stereocenters. The highest BCUT2D eigenvalue weighted by Gasteiger charge is 2.63. The first-order chi connectivity index (χ1) is 17.5. The van der Waals surface area contributed by atoms with Gasteiger partial charge in [0.15, 0.2) is 21.5 Å². The number of aliphatic hydroxyl groups excluding tert-OH is 1. The number of carbonyl (C=O) groups excluding carboxylic acids is 1. The van der Waals surface area contributed by atoms with Crippen molar-refractivity contribution in [3.05, 3.63) is 88.7 Å². The highest BCUT2D eigenvalue weighted by Crippen LogP contribution is 2.60. The lowest BCUT2D eigenvalue weighted by atomic mass is 9.51. The summed E-state index contributed by atoms with van der Waals surface area (Å²) in [4.78, 5) is 16.5. The summed E-state index contributed by atoms with van der Waals surface area (Å²) in [5, 5.41) is 23.7. The van der Waals surface area contributed by atoms with Crippen molar-refractivity contribution in [3.63, 3.8) is 0 Å². The number of carbonyl (C=O) groups is 1. The molecule has 6 rings (SSSR count). The summed E-state index contributed by atoms with van der Waals surface area (Å²) in [6.45, 7) is 0. The molecular formula is C26H23ClF2N2O5S. The molecule has 3 fully saturated rings. The first-order valence-electron chi connectivity index (χ1n) is 11.6. The van der Waals surface area contributed by atoms with Gasteiger partial charge in [0.1, 0.15) is 11.7 Å². The van der Waals surface area contributed by atoms with Crippen LogP contribution in [-0.2, 0) is 9.84 Å². The number of sulfone groups is 1. The molecule has 3 saturated carbocycles. The van der Waals surface area contributed by atoms with E-state index in [1.807, 2.05) is 0 Å². The summed E-state index contributed by atoms with van der Waals surface area (Å²) in [7, 11) is -4.00. The molecule has 3 atom stereocenters. The number of nitrogens with one attached hydrogen (secondary N) is 1. The number of fused-ring (bicyclic) bond motifs is 2. The maximum absolute atomic E-state index is 13.6. The first kappa shape index (κ1) is 25.7. The van der Waals surface area contributed by atoms with Gasteiger partial charge in [0.05, 0.1) is 15.2 Å². The van der Waals surface area contributed by atoms with Gasteiger partial charge in [-0.1, -0.05) is 17.7 Å². The Hall–Kier alpha value is -2.92. The van der Waals surface area contributed by atoms with Crippen molar-refractivity contribution < 1.29 is 32.2 Å². The molecule has 0 saturated heterocycles. The Morgan fingerprint density at radius 1 is 1.08 bits per heavy atom. The van der Waals surface area contributed by atoms with Gasteiger partial charge >= 0.3 is 0 Å². The number of aromatic nitrogens is 1. The van der Waals surface area contributed by atoms with Crippen molar-refractivity contribution in [2.75, 3.05) is 5.32 Å². The van der Waals surface area contributed by atoms with Crippen molar-refractivity contribution in [1.82, 2.24) is 4.98 Å². The van der Waals surface area contributed by atoms with Crippen LogP contribution in [0.1, 0.15) is 41.3 Å². The summed E-state index contributed by atoms with van der Waals surface area (Å²) >= 11 is 6.24. The number of amides is 1. The summed E-state index contributed by atoms with van der Waals surface area (Å²) in [5.41, 5.74) is -1.02. The lowest BCUT2D eigenvalue weighted by Crippen LogP contribution is -2.64. The monoisotopic (exact) mass is 548 g/mol. The van der Waals surface area contributed by atoms with Gasteiger partial charge in [-0.15, -0.1) is 0 Å². The maximum atomic E-state index is 13.6. The van der Waals surface area contributed by atoms with E-state index < -0.39 is 56.2 Å². The summed E-state index contributed by atoms with van der Waals surface area (Å²) < 4.78 is 53.8. The molecule has 11 heteroatoms. The van der Waals surface area contributed by atoms with Gasteiger partial charge in [0.2, 0.25) is 0 Å². The zero-order chi connectivity index (χ0) is 26.5. The van der Waals surface area contributed by atoms with Gasteiger partial charge in [0, 0.05) is 35.3 Å². The molecule has 1 heterocycles. The number of aliphatic hydroxyl groups is 2. The Kier molecular flexibility index (Phi) is 6.56. The molecule has 3 aliphatic carbocycles. The largest absolute Gasteiger partial charge is 0.386 e. The molecule has 0 radical (unpaired) electrons. The fraction of sp³-hybridized carbons (Fsp3) is 0.308. The van der Waals surface area contributed by atoms with Gasteiger partial charge in [-0.25, -0.2) is 17.2 Å². The number of hydrogen-bond donors (Lipinski definition) is 3. The third-order valence-corrected chi connectivity index (χ3v) is 10.2. The minimum Gasteiger partial charge on any atom is -0.386 e. The highest BCUT2D eigenvalue weighted by molar-refractivity contribution is 7.92. The van der Waals surface area contributed by atoms with Crippen LogP contribution < -0.4 is 5.32 Å². The highest BCUT2D eigenvalue weighted by atomic mass is 35.5. The predicted octanol–water partition coefficient (Wildman–Crippen LogP) is 4.30. The maximum Gasteiger partial charge on any atom is 0.255 e. The van der Waals surface area contributed by atoms with Crippen LogP contribution >= 0.6 is 11.6 Å². The quantitative estimate of drug-likeness (QED) is 0.423. The minimum absolute atomic E-state index is 0.00193. The van der Waals surface area contributed by atoms with E-state index in [0.29, 0.717) is 12.0 Å². The molecule has 194 valence electrons. The van der Waals surface area contributed by atoms with Crippen LogP contribution in [0.15, 0.2) is 65.8 Å². The molecule has 2 aromatic carbocycles. The summed E-state index contributed by atoms with van der Waals surface area (Å²) in [6.07, 6.45) is 2.66. The molecule has 3 aliphatic rings. The van der Waals surface area contributed by atoms with Crippen molar-refractivity contribution in [1.29, 1.82) is 0 Å². The number of benzene rings is 2. The molecule has 0 spiro atoms. The van der Waals surface area contributed by atoms with Crippen molar-refractivity contribution in [2.45, 2.75) is 41.1 Å². The fourth-order valence-corrected chi connectivity index (χ4v) is 7.92. The van der Waals surface area contributed by atoms with Gasteiger partial charge < -0.3 is 15.5 Å². The molecular weight excluding hydrogens is 526 g/mol. The molecule has 3 aromatic rings. The second-order valence-corrected chi connectivity index (χ2v) is 12.2. The predicted molar refractivity (Wildman–Crippen MR) is 132 cm³/mol. The topological polar surface area (TPSA) is 117 Å². The van der Waals surface area contributed by atoms with Gasteiger partial charge in [0.25, 0.3) is 5.91 Å². The number of nitrogens with zero attached hydrogens (tertiary/aromatic N) is 1. The smallest absolute Gasteiger partial charge is 0.255 e. The summed E-state index contributed by atoms with van der Waals surface area (Å²) in [5.74, 6) is -3.82. The molecule has 37 heavy (non-hydrogen) atoms. The van der Waals surface area contributed by atoms with E-state index in [2.05, 4.69) is 10.3 Å². The van der Waals surface area contributed by atoms with Crippen molar-refractivity contribution in [3.8, 4) is 0 Å². The van der Waals surface area contributed by atoms with Crippen LogP contribution in [0.4, 0.5) is 14.5 Å². The molecule has 1 amide bonds. The number of anilines is 1. The zero-order valence-electron chi connectivity index (χ0n) is 19.3. The number of pyridine rings is 1. The number of halogens is 3. The Labute approximate surface area is 217 Å². The number of rotatable bonds is 6. The normalized spacial score (nSPS) is 25.7. The average molecular weight is 549 g/mol. The third kappa shape index (κ3) is 4.41. The Morgan fingerprint density at radius 2 is 1.81 bits per heavy atom. The Morgan fingerprint density at radius 3 is 2.46 bits per heavy atom. The van der Waals surface area contributed by atoms with E-state index in [1.165, 1.54) is 24.4 Å². The number of hydrogen-bond acceptors (Lipinski definition) is 6. The van der Waals surface area contributed by atoms with Crippen molar-refractivity contribution in [2.24, 2.45) is 11.8 Å². The van der Waals surface area contributed by atoms with Gasteiger partial charge in [-0.3, -0.25) is 9.78 Å². The van der Waals surface area contributed by atoms with Crippen LogP contribution in [0.2, 0.25) is 5.02 Å². The van der Waals surface area contributed by atoms with Crippen molar-refractivity contribution >= 4 is 33.0 Å². The van der Waals surface area contributed by atoms with Crippen LogP contribution in [0, 0.1) is 23.5 Å². The summed E-state index contributed by atoms with van der Waals surface area (Å²) in [6, 6.07) is 9.96. The third-order valence-electron chi connectivity index (χ3n) is 7.53. The fourth-order valence-electron chi connectivity index (χ4n) is 5.52. The van der Waals surface area contributed by atoms with Gasteiger partial charge in [-0.05, 0) is 67.5 Å². The Balaban J connectivity index is 1.36. The average Bonchev–Trinajstić information content (AvgIpc) is 2.90. The minimum atomic E-state index is -4.00. The SMILES string of the molecule is O=C(Nc1ccc(F)c(F)c1)c1ccc(Cl)c(S(=O)(=O)C2CC3CC(C2)C3(O)[C@@H](O)c2cccnc2)c1. The Bertz CT molecular complexity index is 1460. The van der Waals surface area contributed by atoms with E-state index in [4.69, 9.17) is 11.6 Å². The van der Waals surface area contributed by atoms with Crippen LogP contribution in [0.5, 0.6) is 0 Å². The first-order valence-corrected chi connectivity index (χ1v) is 13.5. The zero-order valence-corrected chi connectivity index (χ0v) is 20.9. The molecule has 2 bridgehead atoms. The van der Waals surface area contributed by atoms with Crippen LogP contribution in [0.3, 0.4) is 0 Å². The van der Waals surface area contributed by atoms with E-state index >= 15 is 0 Å². The van der Waals surface area contributed by atoms with E-state index in [9.17, 15) is 32.2 Å². The second-order valence-electron chi connectivity index (χ2n) is 9.57. The molecule has 1 aromatic heterocycles.